The predicted molar refractivity (Wildman–Crippen MR) is 94.9 cm³/mol. The van der Waals surface area contributed by atoms with Gasteiger partial charge >= 0.3 is 5.69 Å². The van der Waals surface area contributed by atoms with Gasteiger partial charge in [0, 0.05) is 22.3 Å². The molecule has 4 aromatic rings. The first kappa shape index (κ1) is 15.4. The van der Waals surface area contributed by atoms with Crippen molar-refractivity contribution in [2.45, 2.75) is 6.54 Å². The lowest BCUT2D eigenvalue weighted by atomic mass is 10.0. The topological polar surface area (TPSA) is 80.9 Å². The molecule has 0 atom stereocenters. The molecular formula is C18H12ClN3O3. The number of fused-ring (bicyclic) bond motifs is 1. The van der Waals surface area contributed by atoms with E-state index in [0.29, 0.717) is 27.3 Å². The van der Waals surface area contributed by atoms with Crippen molar-refractivity contribution in [3.8, 4) is 11.1 Å². The van der Waals surface area contributed by atoms with Crippen LogP contribution >= 0.6 is 11.6 Å². The van der Waals surface area contributed by atoms with Gasteiger partial charge in [-0.2, -0.15) is 0 Å². The van der Waals surface area contributed by atoms with E-state index < -0.39 is 11.2 Å². The molecule has 0 aliphatic rings. The molecule has 25 heavy (non-hydrogen) atoms. The number of nitrogens with zero attached hydrogens (tertiary/aromatic N) is 2. The molecule has 7 heteroatoms. The fourth-order valence-corrected chi connectivity index (χ4v) is 3.05. The Bertz CT molecular complexity index is 1180. The van der Waals surface area contributed by atoms with Crippen molar-refractivity contribution in [2.75, 3.05) is 0 Å². The van der Waals surface area contributed by atoms with E-state index in [1.165, 1.54) is 10.8 Å². The number of H-pyrrole nitrogens is 1. The average molecular weight is 354 g/mol. The van der Waals surface area contributed by atoms with E-state index in [4.69, 9.17) is 16.0 Å². The minimum Gasteiger partial charge on any atom is -0.467 e. The largest absolute Gasteiger partial charge is 0.467 e. The summed E-state index contributed by atoms with van der Waals surface area (Å²) in [5.74, 6) is 0.584. The maximum atomic E-state index is 12.5. The molecule has 0 unspecified atom stereocenters. The summed E-state index contributed by atoms with van der Waals surface area (Å²) < 4.78 is 6.68. The number of hydrogen-bond acceptors (Lipinski definition) is 4. The van der Waals surface area contributed by atoms with Crippen LogP contribution in [0.1, 0.15) is 5.76 Å². The van der Waals surface area contributed by atoms with Crippen molar-refractivity contribution < 1.29 is 4.42 Å². The molecule has 124 valence electrons. The van der Waals surface area contributed by atoms with Crippen LogP contribution in [0, 0.1) is 0 Å². The smallest absolute Gasteiger partial charge is 0.330 e. The highest BCUT2D eigenvalue weighted by atomic mass is 35.5. The van der Waals surface area contributed by atoms with E-state index in [0.717, 1.165) is 0 Å². The van der Waals surface area contributed by atoms with Crippen molar-refractivity contribution in [1.82, 2.24) is 14.5 Å². The van der Waals surface area contributed by atoms with Gasteiger partial charge in [-0.3, -0.25) is 14.3 Å². The van der Waals surface area contributed by atoms with Gasteiger partial charge in [-0.1, -0.05) is 29.8 Å². The second kappa shape index (κ2) is 6.07. The summed E-state index contributed by atoms with van der Waals surface area (Å²) in [6.45, 7) is 0.165. The van der Waals surface area contributed by atoms with Crippen molar-refractivity contribution >= 4 is 22.6 Å². The van der Waals surface area contributed by atoms with Gasteiger partial charge in [-0.05, 0) is 24.3 Å². The summed E-state index contributed by atoms with van der Waals surface area (Å²) >= 11 is 6.28. The molecule has 3 heterocycles. The fraction of sp³-hybridized carbons (Fsp3) is 0.0556. The normalized spacial score (nSPS) is 11.1. The molecule has 0 amide bonds. The molecule has 1 N–H and O–H groups in total. The fourth-order valence-electron chi connectivity index (χ4n) is 2.81. The Kier molecular flexibility index (Phi) is 3.74. The molecule has 0 fully saturated rings. The maximum Gasteiger partial charge on any atom is 0.330 e. The maximum absolute atomic E-state index is 12.5. The van der Waals surface area contributed by atoms with Crippen molar-refractivity contribution in [3.63, 3.8) is 0 Å². The summed E-state index contributed by atoms with van der Waals surface area (Å²) in [5.41, 5.74) is 0.550. The van der Waals surface area contributed by atoms with Crippen LogP contribution in [-0.2, 0) is 6.54 Å². The minimum absolute atomic E-state index is 0.165. The Morgan fingerprint density at radius 1 is 1.08 bits per heavy atom. The molecule has 0 saturated carbocycles. The molecule has 0 aliphatic heterocycles. The van der Waals surface area contributed by atoms with E-state index in [1.54, 1.807) is 30.5 Å². The van der Waals surface area contributed by atoms with Crippen LogP contribution in [0.15, 0.2) is 68.9 Å². The van der Waals surface area contributed by atoms with Gasteiger partial charge in [0.15, 0.2) is 5.65 Å². The van der Waals surface area contributed by atoms with Gasteiger partial charge < -0.3 is 4.42 Å². The van der Waals surface area contributed by atoms with Crippen LogP contribution in [-0.4, -0.2) is 14.5 Å². The summed E-state index contributed by atoms with van der Waals surface area (Å²) in [4.78, 5) is 31.4. The first-order valence-electron chi connectivity index (χ1n) is 7.54. The van der Waals surface area contributed by atoms with Crippen LogP contribution in [0.4, 0.5) is 0 Å². The number of furan rings is 1. The summed E-state index contributed by atoms with van der Waals surface area (Å²) in [6.07, 6.45) is 3.08. The standard InChI is InChI=1S/C18H12ClN3O3/c19-14-6-2-1-5-12(14)13-7-8-20-16-15(13)17(23)21-18(24)22(16)10-11-4-3-9-25-11/h1-9H,10H2,(H,21,23,24). The van der Waals surface area contributed by atoms with Crippen LogP contribution in [0.2, 0.25) is 5.02 Å². The molecule has 0 bridgehead atoms. The minimum atomic E-state index is -0.544. The van der Waals surface area contributed by atoms with Crippen LogP contribution < -0.4 is 11.2 Å². The number of nitrogens with one attached hydrogen (secondary N) is 1. The van der Waals surface area contributed by atoms with E-state index >= 15 is 0 Å². The summed E-state index contributed by atoms with van der Waals surface area (Å²) in [7, 11) is 0. The number of aromatic amines is 1. The van der Waals surface area contributed by atoms with Gasteiger partial charge in [0.1, 0.15) is 5.76 Å². The van der Waals surface area contributed by atoms with Crippen LogP contribution in [0.5, 0.6) is 0 Å². The number of hydrogen-bond donors (Lipinski definition) is 1. The second-order valence-electron chi connectivity index (χ2n) is 5.46. The molecular weight excluding hydrogens is 342 g/mol. The Hall–Kier alpha value is -3.12. The Labute approximate surface area is 146 Å². The molecule has 0 radical (unpaired) electrons. The van der Waals surface area contributed by atoms with Crippen LogP contribution in [0.3, 0.4) is 0 Å². The quantitative estimate of drug-likeness (QED) is 0.613. The number of rotatable bonds is 3. The van der Waals surface area contributed by atoms with Gasteiger partial charge in [0.2, 0.25) is 0 Å². The van der Waals surface area contributed by atoms with E-state index in [9.17, 15) is 9.59 Å². The average Bonchev–Trinajstić information content (AvgIpc) is 3.11. The Morgan fingerprint density at radius 2 is 1.92 bits per heavy atom. The number of benzene rings is 1. The van der Waals surface area contributed by atoms with Gasteiger partial charge in [-0.25, -0.2) is 9.78 Å². The number of halogens is 1. The number of pyridine rings is 1. The zero-order valence-corrected chi connectivity index (χ0v) is 13.7. The SMILES string of the molecule is O=c1[nH]c(=O)n(Cc2ccco2)c2nccc(-c3ccccc3Cl)c12. The first-order valence-corrected chi connectivity index (χ1v) is 7.92. The Balaban J connectivity index is 2.04. The van der Waals surface area contributed by atoms with Crippen molar-refractivity contribution in [3.05, 3.63) is 86.5 Å². The molecule has 4 rings (SSSR count). The first-order chi connectivity index (χ1) is 12.1. The zero-order valence-electron chi connectivity index (χ0n) is 12.9. The number of aromatic nitrogens is 3. The highest BCUT2D eigenvalue weighted by molar-refractivity contribution is 6.33. The molecule has 1 aromatic carbocycles. The van der Waals surface area contributed by atoms with Crippen molar-refractivity contribution in [2.24, 2.45) is 0 Å². The molecule has 6 nitrogen and oxygen atoms in total. The zero-order chi connectivity index (χ0) is 17.4. The molecule has 0 aliphatic carbocycles. The lowest BCUT2D eigenvalue weighted by molar-refractivity contribution is 0.490. The molecule has 0 saturated heterocycles. The third-order valence-electron chi connectivity index (χ3n) is 3.94. The second-order valence-corrected chi connectivity index (χ2v) is 5.87. The third-order valence-corrected chi connectivity index (χ3v) is 4.27. The van der Waals surface area contributed by atoms with E-state index in [1.807, 2.05) is 18.2 Å². The van der Waals surface area contributed by atoms with Crippen LogP contribution in [0.25, 0.3) is 22.2 Å². The lowest BCUT2D eigenvalue weighted by Crippen LogP contribution is -2.31. The van der Waals surface area contributed by atoms with Gasteiger partial charge in [0.05, 0.1) is 18.2 Å². The monoisotopic (exact) mass is 353 g/mol. The molecule has 3 aromatic heterocycles. The van der Waals surface area contributed by atoms with E-state index in [-0.39, 0.29) is 12.2 Å². The Morgan fingerprint density at radius 3 is 2.68 bits per heavy atom. The van der Waals surface area contributed by atoms with Crippen molar-refractivity contribution in [1.29, 1.82) is 0 Å². The summed E-state index contributed by atoms with van der Waals surface area (Å²) in [6, 6.07) is 12.4. The highest BCUT2D eigenvalue weighted by Gasteiger charge is 2.16. The predicted octanol–water partition coefficient (Wildman–Crippen LogP) is 3.05. The lowest BCUT2D eigenvalue weighted by Gasteiger charge is -2.11. The van der Waals surface area contributed by atoms with E-state index in [2.05, 4.69) is 9.97 Å². The summed E-state index contributed by atoms with van der Waals surface area (Å²) in [5, 5.41) is 0.819. The molecule has 0 spiro atoms. The highest BCUT2D eigenvalue weighted by Crippen LogP contribution is 2.30. The third kappa shape index (κ3) is 2.66. The van der Waals surface area contributed by atoms with Gasteiger partial charge in [0.25, 0.3) is 5.56 Å². The van der Waals surface area contributed by atoms with Gasteiger partial charge in [-0.15, -0.1) is 0 Å².